The Bertz CT molecular complexity index is 844. The lowest BCUT2D eigenvalue weighted by atomic mass is 10.2. The molecule has 0 aliphatic heterocycles. The third kappa shape index (κ3) is 2.78. The lowest BCUT2D eigenvalue weighted by Gasteiger charge is -2.07. The lowest BCUT2D eigenvalue weighted by Crippen LogP contribution is -2.21. The molecule has 1 N–H and O–H groups in total. The van der Waals surface area contributed by atoms with Gasteiger partial charge in [-0.3, -0.25) is 14.3 Å². The van der Waals surface area contributed by atoms with Crippen LogP contribution in [-0.2, 0) is 6.54 Å². The van der Waals surface area contributed by atoms with Crippen molar-refractivity contribution in [1.82, 2.24) is 19.5 Å². The highest BCUT2D eigenvalue weighted by molar-refractivity contribution is 9.10. The Morgan fingerprint density at radius 2 is 2.10 bits per heavy atom. The zero-order chi connectivity index (χ0) is 14.8. The van der Waals surface area contributed by atoms with Crippen LogP contribution in [-0.4, -0.2) is 26.6 Å². The molecule has 0 bridgehead atoms. The van der Waals surface area contributed by atoms with Gasteiger partial charge in [-0.25, -0.2) is 9.97 Å². The van der Waals surface area contributed by atoms with Gasteiger partial charge < -0.3 is 5.32 Å². The second-order valence-electron chi connectivity index (χ2n) is 4.48. The fourth-order valence-electron chi connectivity index (χ4n) is 1.98. The van der Waals surface area contributed by atoms with Gasteiger partial charge in [-0.05, 0) is 18.2 Å². The molecule has 0 aliphatic rings. The summed E-state index contributed by atoms with van der Waals surface area (Å²) in [6.07, 6.45) is 4.81. The van der Waals surface area contributed by atoms with Crippen molar-refractivity contribution in [2.45, 2.75) is 6.54 Å². The van der Waals surface area contributed by atoms with Crippen LogP contribution in [0.1, 0.15) is 5.69 Å². The molecule has 0 fully saturated rings. The van der Waals surface area contributed by atoms with Gasteiger partial charge >= 0.3 is 0 Å². The first-order valence-electron chi connectivity index (χ1n) is 6.31. The molecule has 0 amide bonds. The molecule has 0 spiro atoms. The Balaban J connectivity index is 2.00. The third-order valence-corrected chi connectivity index (χ3v) is 3.57. The number of halogens is 1. The number of fused-ring (bicyclic) bond motifs is 1. The van der Waals surface area contributed by atoms with Gasteiger partial charge in [0.25, 0.3) is 5.56 Å². The van der Waals surface area contributed by atoms with Gasteiger partial charge in [0.05, 0.1) is 41.9 Å². The number of hydrogen-bond donors (Lipinski definition) is 1. The minimum absolute atomic E-state index is 0.0965. The molecule has 2 aromatic heterocycles. The molecule has 0 aliphatic carbocycles. The van der Waals surface area contributed by atoms with Crippen LogP contribution in [0.3, 0.4) is 0 Å². The van der Waals surface area contributed by atoms with Crippen LogP contribution >= 0.6 is 15.9 Å². The molecule has 0 atom stereocenters. The summed E-state index contributed by atoms with van der Waals surface area (Å²) in [5.74, 6) is 0.687. The highest BCUT2D eigenvalue weighted by Gasteiger charge is 2.06. The largest absolute Gasteiger partial charge is 0.372 e. The first kappa shape index (κ1) is 13.7. The molecule has 106 valence electrons. The Labute approximate surface area is 129 Å². The molecule has 1 aromatic carbocycles. The van der Waals surface area contributed by atoms with E-state index in [0.717, 1.165) is 4.47 Å². The summed E-state index contributed by atoms with van der Waals surface area (Å²) in [5, 5.41) is 3.48. The number of aromatic nitrogens is 4. The van der Waals surface area contributed by atoms with Crippen molar-refractivity contribution in [3.63, 3.8) is 0 Å². The number of rotatable bonds is 3. The first-order chi connectivity index (χ1) is 10.2. The maximum Gasteiger partial charge on any atom is 0.261 e. The molecule has 0 radical (unpaired) electrons. The second kappa shape index (κ2) is 5.61. The molecule has 6 nitrogen and oxygen atoms in total. The molecular formula is C14H12BrN5O. The normalized spacial score (nSPS) is 10.8. The van der Waals surface area contributed by atoms with Gasteiger partial charge in [-0.15, -0.1) is 0 Å². The van der Waals surface area contributed by atoms with Crippen LogP contribution < -0.4 is 10.9 Å². The van der Waals surface area contributed by atoms with Crippen molar-refractivity contribution in [3.05, 3.63) is 57.4 Å². The lowest BCUT2D eigenvalue weighted by molar-refractivity contribution is 0.726. The van der Waals surface area contributed by atoms with Crippen LogP contribution in [0.25, 0.3) is 10.9 Å². The van der Waals surface area contributed by atoms with E-state index in [-0.39, 0.29) is 5.56 Å². The van der Waals surface area contributed by atoms with E-state index in [0.29, 0.717) is 29.0 Å². The summed E-state index contributed by atoms with van der Waals surface area (Å²) < 4.78 is 2.38. The highest BCUT2D eigenvalue weighted by atomic mass is 79.9. The Kier molecular flexibility index (Phi) is 3.66. The average Bonchev–Trinajstić information content (AvgIpc) is 2.51. The molecule has 0 saturated carbocycles. The minimum Gasteiger partial charge on any atom is -0.372 e. The van der Waals surface area contributed by atoms with Gasteiger partial charge in [0, 0.05) is 11.5 Å². The molecule has 0 saturated heterocycles. The summed E-state index contributed by atoms with van der Waals surface area (Å²) in [4.78, 5) is 25.2. The van der Waals surface area contributed by atoms with Gasteiger partial charge in [0.1, 0.15) is 5.82 Å². The van der Waals surface area contributed by atoms with E-state index >= 15 is 0 Å². The van der Waals surface area contributed by atoms with Crippen LogP contribution in [0.2, 0.25) is 0 Å². The van der Waals surface area contributed by atoms with Gasteiger partial charge in [-0.1, -0.05) is 15.9 Å². The van der Waals surface area contributed by atoms with Crippen LogP contribution in [0.15, 0.2) is 46.2 Å². The maximum absolute atomic E-state index is 12.4. The standard InChI is InChI=1S/C14H12BrN5O/c1-16-13-6-17-10(5-18-13)7-20-8-19-12-3-2-9(15)4-11(12)14(20)21/h2-6,8H,7H2,1H3,(H,16,18). The van der Waals surface area contributed by atoms with E-state index in [2.05, 4.69) is 36.2 Å². The summed E-state index contributed by atoms with van der Waals surface area (Å²) in [6, 6.07) is 5.45. The summed E-state index contributed by atoms with van der Waals surface area (Å²) in [7, 11) is 1.78. The van der Waals surface area contributed by atoms with Crippen LogP contribution in [0.4, 0.5) is 5.82 Å². The summed E-state index contributed by atoms with van der Waals surface area (Å²) >= 11 is 3.37. The molecule has 3 rings (SSSR count). The Hall–Kier alpha value is -2.28. The van der Waals surface area contributed by atoms with Crippen molar-refractivity contribution in [3.8, 4) is 0 Å². The van der Waals surface area contributed by atoms with E-state index in [1.165, 1.54) is 10.9 Å². The maximum atomic E-state index is 12.4. The van der Waals surface area contributed by atoms with Crippen LogP contribution in [0, 0.1) is 0 Å². The summed E-state index contributed by atoms with van der Waals surface area (Å²) in [5.41, 5.74) is 1.28. The van der Waals surface area contributed by atoms with Crippen molar-refractivity contribution in [1.29, 1.82) is 0 Å². The first-order valence-corrected chi connectivity index (χ1v) is 7.10. The smallest absolute Gasteiger partial charge is 0.261 e. The quantitative estimate of drug-likeness (QED) is 0.786. The van der Waals surface area contributed by atoms with Gasteiger partial charge in [0.15, 0.2) is 0 Å². The number of nitrogens with zero attached hydrogens (tertiary/aromatic N) is 4. The van der Waals surface area contributed by atoms with Crippen molar-refractivity contribution >= 4 is 32.7 Å². The van der Waals surface area contributed by atoms with Crippen molar-refractivity contribution < 1.29 is 0 Å². The number of nitrogens with one attached hydrogen (secondary N) is 1. The van der Waals surface area contributed by atoms with E-state index in [4.69, 9.17) is 0 Å². The topological polar surface area (TPSA) is 72.7 Å². The van der Waals surface area contributed by atoms with Crippen LogP contribution in [0.5, 0.6) is 0 Å². The zero-order valence-corrected chi connectivity index (χ0v) is 12.8. The highest BCUT2D eigenvalue weighted by Crippen LogP contribution is 2.15. The average molecular weight is 346 g/mol. The summed E-state index contributed by atoms with van der Waals surface area (Å²) in [6.45, 7) is 0.339. The molecule has 3 aromatic rings. The molecule has 0 unspecified atom stereocenters. The predicted molar refractivity (Wildman–Crippen MR) is 84.4 cm³/mol. The van der Waals surface area contributed by atoms with E-state index in [1.54, 1.807) is 25.5 Å². The predicted octanol–water partition coefficient (Wildman–Crippen LogP) is 2.04. The van der Waals surface area contributed by atoms with E-state index in [1.807, 2.05) is 12.1 Å². The molecular weight excluding hydrogens is 334 g/mol. The van der Waals surface area contributed by atoms with Gasteiger partial charge in [-0.2, -0.15) is 0 Å². The third-order valence-electron chi connectivity index (χ3n) is 3.08. The Morgan fingerprint density at radius 1 is 1.24 bits per heavy atom. The second-order valence-corrected chi connectivity index (χ2v) is 5.40. The Morgan fingerprint density at radius 3 is 2.81 bits per heavy atom. The van der Waals surface area contributed by atoms with E-state index < -0.39 is 0 Å². The molecule has 21 heavy (non-hydrogen) atoms. The zero-order valence-electron chi connectivity index (χ0n) is 11.2. The van der Waals surface area contributed by atoms with Gasteiger partial charge in [0.2, 0.25) is 0 Å². The van der Waals surface area contributed by atoms with E-state index in [9.17, 15) is 4.79 Å². The number of benzene rings is 1. The SMILES string of the molecule is CNc1cnc(Cn2cnc3ccc(Br)cc3c2=O)cn1. The number of anilines is 1. The molecule has 2 heterocycles. The fraction of sp³-hybridized carbons (Fsp3) is 0.143. The molecule has 7 heteroatoms. The van der Waals surface area contributed by atoms with Crippen molar-refractivity contribution in [2.24, 2.45) is 0 Å². The number of hydrogen-bond acceptors (Lipinski definition) is 5. The fourth-order valence-corrected chi connectivity index (χ4v) is 2.34. The van der Waals surface area contributed by atoms with Crippen molar-refractivity contribution in [2.75, 3.05) is 12.4 Å². The monoisotopic (exact) mass is 345 g/mol. The minimum atomic E-state index is -0.0965.